The lowest BCUT2D eigenvalue weighted by atomic mass is 9.43. The van der Waals surface area contributed by atoms with Gasteiger partial charge in [0.25, 0.3) is 0 Å². The van der Waals surface area contributed by atoms with Crippen LogP contribution in [-0.4, -0.2) is 69.7 Å². The molecule has 0 aromatic heterocycles. The van der Waals surface area contributed by atoms with Crippen molar-refractivity contribution in [2.45, 2.75) is 116 Å². The van der Waals surface area contributed by atoms with Gasteiger partial charge in [-0.3, -0.25) is 9.59 Å². The molecule has 0 bridgehead atoms. The van der Waals surface area contributed by atoms with Crippen molar-refractivity contribution in [1.29, 1.82) is 0 Å². The van der Waals surface area contributed by atoms with Gasteiger partial charge in [0.15, 0.2) is 0 Å². The van der Waals surface area contributed by atoms with E-state index in [0.717, 1.165) is 38.5 Å². The molecule has 4 aliphatic carbocycles. The van der Waals surface area contributed by atoms with E-state index in [1.165, 1.54) is 7.11 Å². The zero-order chi connectivity index (χ0) is 28.7. The molecule has 39 heavy (non-hydrogen) atoms. The summed E-state index contributed by atoms with van der Waals surface area (Å²) in [6.45, 7) is 6.65. The minimum absolute atomic E-state index is 0.0263. The quantitative estimate of drug-likeness (QED) is 0.274. The molecule has 9 heteroatoms. The number of rotatable bonds is 9. The summed E-state index contributed by atoms with van der Waals surface area (Å²) < 4.78 is 4.73. The molecule has 0 spiro atoms. The fourth-order valence-corrected chi connectivity index (χ4v) is 9.62. The Kier molecular flexibility index (Phi) is 9.04. The number of aliphatic carboxylic acids is 1. The normalized spacial score (nSPS) is 42.8. The number of carboxylic acids is 1. The van der Waals surface area contributed by atoms with Crippen LogP contribution in [0.2, 0.25) is 0 Å². The number of aliphatic hydroxyl groups is 3. The molecule has 0 unspecified atom stereocenters. The standard InChI is InChI=1S/C30H49NO8/c1-16(5-9-25(35)31-22(28(38)39-4)8-10-26(36)37)19-6-7-20-27-21(15-24(34)30(19,20)3)29(2)12-11-18(32)13-17(29)14-23(27)33/h16-24,27,32-34H,5-15H2,1-4H3,(H,31,35)(H,36,37)/t16-,17+,18-,19-,20+,21+,22+,23-,24+,27+,29+,30-/m1/s1. The van der Waals surface area contributed by atoms with Crippen molar-refractivity contribution in [3.05, 3.63) is 0 Å². The van der Waals surface area contributed by atoms with Crippen LogP contribution >= 0.6 is 0 Å². The van der Waals surface area contributed by atoms with Gasteiger partial charge in [0.2, 0.25) is 5.91 Å². The second-order valence-corrected chi connectivity index (χ2v) is 13.6. The largest absolute Gasteiger partial charge is 0.481 e. The summed E-state index contributed by atoms with van der Waals surface area (Å²) in [5, 5.41) is 45.0. The maximum atomic E-state index is 12.7. The highest BCUT2D eigenvalue weighted by atomic mass is 16.5. The molecule has 0 heterocycles. The smallest absolute Gasteiger partial charge is 0.328 e. The van der Waals surface area contributed by atoms with Gasteiger partial charge in [-0.2, -0.15) is 0 Å². The lowest BCUT2D eigenvalue weighted by molar-refractivity contribution is -0.207. The van der Waals surface area contributed by atoms with E-state index >= 15 is 0 Å². The molecule has 9 nitrogen and oxygen atoms in total. The van der Waals surface area contributed by atoms with E-state index in [0.29, 0.717) is 12.8 Å². The Balaban J connectivity index is 1.42. The molecule has 4 saturated carbocycles. The number of ether oxygens (including phenoxy) is 1. The third-order valence-electron chi connectivity index (χ3n) is 11.8. The summed E-state index contributed by atoms with van der Waals surface area (Å²) in [4.78, 5) is 35.7. The van der Waals surface area contributed by atoms with Gasteiger partial charge in [-0.05, 0) is 104 Å². The summed E-state index contributed by atoms with van der Waals surface area (Å²) >= 11 is 0. The van der Waals surface area contributed by atoms with Gasteiger partial charge in [-0.25, -0.2) is 4.79 Å². The van der Waals surface area contributed by atoms with E-state index in [2.05, 4.69) is 26.1 Å². The first-order chi connectivity index (χ1) is 18.3. The number of methoxy groups -OCH3 is 1. The molecule has 4 rings (SSSR count). The number of amides is 1. The SMILES string of the molecule is COC(=O)[C@H](CCC(=O)O)NC(=O)CC[C@@H](C)[C@H]1CC[C@H]2[C@@H]3[C@H](O)C[C@@H]4C[C@H](O)CC[C@]4(C)[C@H]3C[C@H](O)[C@]12C. The number of fused-ring (bicyclic) bond motifs is 5. The highest BCUT2D eigenvalue weighted by molar-refractivity contribution is 5.84. The highest BCUT2D eigenvalue weighted by Crippen LogP contribution is 2.68. The van der Waals surface area contributed by atoms with Crippen molar-refractivity contribution in [1.82, 2.24) is 5.32 Å². The Hall–Kier alpha value is -1.71. The van der Waals surface area contributed by atoms with Crippen molar-refractivity contribution < 1.29 is 39.5 Å². The first kappa shape index (κ1) is 30.3. The third kappa shape index (κ3) is 5.60. The van der Waals surface area contributed by atoms with Crippen molar-refractivity contribution in [3.8, 4) is 0 Å². The van der Waals surface area contributed by atoms with Gasteiger partial charge in [0, 0.05) is 12.8 Å². The molecule has 5 N–H and O–H groups in total. The molecule has 0 radical (unpaired) electrons. The maximum Gasteiger partial charge on any atom is 0.328 e. The van der Waals surface area contributed by atoms with Crippen LogP contribution in [0.15, 0.2) is 0 Å². The Bertz CT molecular complexity index is 927. The van der Waals surface area contributed by atoms with Gasteiger partial charge in [0.05, 0.1) is 25.4 Å². The van der Waals surface area contributed by atoms with Gasteiger partial charge >= 0.3 is 11.9 Å². The number of nitrogens with one attached hydrogen (secondary N) is 1. The Morgan fingerprint density at radius 2 is 1.69 bits per heavy atom. The van der Waals surface area contributed by atoms with Crippen molar-refractivity contribution in [2.75, 3.05) is 7.11 Å². The second kappa shape index (κ2) is 11.6. The predicted octanol–water partition coefficient (Wildman–Crippen LogP) is 2.89. The summed E-state index contributed by atoms with van der Waals surface area (Å²) in [7, 11) is 1.21. The topological polar surface area (TPSA) is 153 Å². The minimum atomic E-state index is -1.04. The number of hydrogen-bond acceptors (Lipinski definition) is 7. The molecule has 0 saturated heterocycles. The second-order valence-electron chi connectivity index (χ2n) is 13.6. The molecule has 0 aromatic rings. The number of carboxylic acid groups (broad SMARTS) is 1. The number of carbonyl (C=O) groups excluding carboxylic acids is 2. The molecule has 0 aliphatic heterocycles. The Morgan fingerprint density at radius 3 is 2.36 bits per heavy atom. The van der Waals surface area contributed by atoms with E-state index in [4.69, 9.17) is 9.84 Å². The maximum absolute atomic E-state index is 12.7. The number of esters is 1. The Labute approximate surface area is 232 Å². The predicted molar refractivity (Wildman–Crippen MR) is 143 cm³/mol. The number of carbonyl (C=O) groups is 3. The average molecular weight is 552 g/mol. The molecular formula is C30H49NO8. The first-order valence-electron chi connectivity index (χ1n) is 15.0. The molecule has 4 fully saturated rings. The summed E-state index contributed by atoms with van der Waals surface area (Å²) in [5.41, 5.74) is -0.310. The van der Waals surface area contributed by atoms with E-state index in [-0.39, 0.29) is 77.6 Å². The van der Waals surface area contributed by atoms with Crippen LogP contribution in [0.1, 0.15) is 91.4 Å². The van der Waals surface area contributed by atoms with Crippen LogP contribution in [-0.2, 0) is 19.1 Å². The van der Waals surface area contributed by atoms with Gasteiger partial charge in [-0.1, -0.05) is 20.8 Å². The van der Waals surface area contributed by atoms with Crippen LogP contribution in [0.5, 0.6) is 0 Å². The van der Waals surface area contributed by atoms with Gasteiger partial charge in [-0.15, -0.1) is 0 Å². The highest BCUT2D eigenvalue weighted by Gasteiger charge is 2.65. The molecule has 4 aliphatic rings. The van der Waals surface area contributed by atoms with E-state index in [1.807, 2.05) is 0 Å². The van der Waals surface area contributed by atoms with Gasteiger partial charge < -0.3 is 30.5 Å². The monoisotopic (exact) mass is 551 g/mol. The number of aliphatic hydroxyl groups excluding tert-OH is 3. The molecule has 1 amide bonds. The summed E-state index contributed by atoms with van der Waals surface area (Å²) in [5.74, 6) is -0.760. The van der Waals surface area contributed by atoms with E-state index < -0.39 is 30.2 Å². The zero-order valence-corrected chi connectivity index (χ0v) is 24.0. The summed E-state index contributed by atoms with van der Waals surface area (Å²) in [6.07, 6.45) is 5.09. The van der Waals surface area contributed by atoms with E-state index in [9.17, 15) is 29.7 Å². The van der Waals surface area contributed by atoms with Crippen LogP contribution in [0.4, 0.5) is 0 Å². The fraction of sp³-hybridized carbons (Fsp3) is 0.900. The fourth-order valence-electron chi connectivity index (χ4n) is 9.62. The zero-order valence-electron chi connectivity index (χ0n) is 24.0. The minimum Gasteiger partial charge on any atom is -0.481 e. The van der Waals surface area contributed by atoms with E-state index in [1.54, 1.807) is 0 Å². The summed E-state index contributed by atoms with van der Waals surface area (Å²) in [6, 6.07) is -0.988. The molecular weight excluding hydrogens is 502 g/mol. The molecule has 0 aromatic carbocycles. The first-order valence-corrected chi connectivity index (χ1v) is 15.0. The number of hydrogen-bond donors (Lipinski definition) is 5. The van der Waals surface area contributed by atoms with Crippen LogP contribution in [0.25, 0.3) is 0 Å². The average Bonchev–Trinajstić information content (AvgIpc) is 3.24. The van der Waals surface area contributed by atoms with Gasteiger partial charge in [0.1, 0.15) is 6.04 Å². The van der Waals surface area contributed by atoms with Crippen molar-refractivity contribution in [2.24, 2.45) is 46.3 Å². The lowest BCUT2D eigenvalue weighted by Crippen LogP contribution is -2.62. The van der Waals surface area contributed by atoms with Crippen molar-refractivity contribution >= 4 is 17.8 Å². The molecule has 12 atom stereocenters. The van der Waals surface area contributed by atoms with Crippen LogP contribution in [0, 0.1) is 46.3 Å². The van der Waals surface area contributed by atoms with Crippen LogP contribution < -0.4 is 5.32 Å². The third-order valence-corrected chi connectivity index (χ3v) is 11.8. The Morgan fingerprint density at radius 1 is 0.974 bits per heavy atom. The molecule has 222 valence electrons. The lowest BCUT2D eigenvalue weighted by Gasteiger charge is -2.63. The van der Waals surface area contributed by atoms with Crippen LogP contribution in [0.3, 0.4) is 0 Å². The van der Waals surface area contributed by atoms with Crippen molar-refractivity contribution in [3.63, 3.8) is 0 Å².